The van der Waals surface area contributed by atoms with Gasteiger partial charge in [0.25, 0.3) is 0 Å². The van der Waals surface area contributed by atoms with Gasteiger partial charge in [0, 0.05) is 18.6 Å². The first kappa shape index (κ1) is 13.4. The summed E-state index contributed by atoms with van der Waals surface area (Å²) in [5.74, 6) is 0.113. The van der Waals surface area contributed by atoms with Crippen LogP contribution in [0.4, 0.5) is 0 Å². The summed E-state index contributed by atoms with van der Waals surface area (Å²) in [6, 6.07) is 0.294. The number of likely N-dealkylation sites (tertiary alicyclic amines) is 1. The van der Waals surface area contributed by atoms with Gasteiger partial charge < -0.3 is 15.4 Å². The van der Waals surface area contributed by atoms with Gasteiger partial charge in [0.1, 0.15) is 0 Å². The van der Waals surface area contributed by atoms with Crippen LogP contribution in [0.1, 0.15) is 40.0 Å². The molecule has 2 saturated heterocycles. The lowest BCUT2D eigenvalue weighted by atomic mass is 9.65. The van der Waals surface area contributed by atoms with Gasteiger partial charge in [-0.15, -0.1) is 0 Å². The van der Waals surface area contributed by atoms with E-state index in [-0.39, 0.29) is 17.9 Å². The van der Waals surface area contributed by atoms with Crippen LogP contribution < -0.4 is 5.73 Å². The number of amides is 1. The molecule has 2 heterocycles. The quantitative estimate of drug-likeness (QED) is 0.780. The Bertz CT molecular complexity index is 396. The average molecular weight is 266 g/mol. The number of carbonyl (C=O) groups is 1. The first-order valence-electron chi connectivity index (χ1n) is 7.44. The number of carbonyl (C=O) groups excluding carboxylic acids is 1. The standard InChI is InChI=1S/C15H26N2O2/c1-14(2)4-10-5-15(3,8-14)9-17(10)13(18)11-6-19-7-12(11)16/h10-12H,4-9,16H2,1-3H3. The third-order valence-corrected chi connectivity index (χ3v) is 5.14. The molecule has 0 radical (unpaired) electrons. The number of ether oxygens (including phenoxy) is 1. The molecule has 0 aromatic carbocycles. The molecule has 2 bridgehead atoms. The van der Waals surface area contributed by atoms with Crippen molar-refractivity contribution in [3.05, 3.63) is 0 Å². The van der Waals surface area contributed by atoms with Crippen molar-refractivity contribution in [2.24, 2.45) is 22.5 Å². The minimum Gasteiger partial charge on any atom is -0.379 e. The molecule has 0 aromatic rings. The van der Waals surface area contributed by atoms with E-state index in [4.69, 9.17) is 10.5 Å². The summed E-state index contributed by atoms with van der Waals surface area (Å²) in [5.41, 5.74) is 6.64. The first-order chi connectivity index (χ1) is 8.80. The maximum atomic E-state index is 12.7. The van der Waals surface area contributed by atoms with Crippen molar-refractivity contribution in [1.29, 1.82) is 0 Å². The predicted molar refractivity (Wildman–Crippen MR) is 73.5 cm³/mol. The average Bonchev–Trinajstić information content (AvgIpc) is 2.78. The van der Waals surface area contributed by atoms with E-state index in [9.17, 15) is 4.79 Å². The fourth-order valence-electron chi connectivity index (χ4n) is 4.76. The van der Waals surface area contributed by atoms with Gasteiger partial charge in [-0.1, -0.05) is 20.8 Å². The third-order valence-electron chi connectivity index (χ3n) is 5.14. The normalized spacial score (nSPS) is 44.6. The maximum absolute atomic E-state index is 12.7. The molecule has 3 aliphatic rings. The van der Waals surface area contributed by atoms with Crippen LogP contribution in [0.15, 0.2) is 0 Å². The van der Waals surface area contributed by atoms with Crippen LogP contribution >= 0.6 is 0 Å². The van der Waals surface area contributed by atoms with Crippen LogP contribution in [0.2, 0.25) is 0 Å². The van der Waals surface area contributed by atoms with Crippen LogP contribution in [0.3, 0.4) is 0 Å². The molecule has 0 spiro atoms. The first-order valence-corrected chi connectivity index (χ1v) is 7.44. The number of nitrogens with two attached hydrogens (primary N) is 1. The largest absolute Gasteiger partial charge is 0.379 e. The lowest BCUT2D eigenvalue weighted by molar-refractivity contribution is -0.137. The van der Waals surface area contributed by atoms with Crippen molar-refractivity contribution in [2.75, 3.05) is 19.8 Å². The molecule has 108 valence electrons. The van der Waals surface area contributed by atoms with Crippen molar-refractivity contribution < 1.29 is 9.53 Å². The zero-order valence-corrected chi connectivity index (χ0v) is 12.3. The Morgan fingerprint density at radius 3 is 2.63 bits per heavy atom. The number of hydrogen-bond acceptors (Lipinski definition) is 3. The second-order valence-electron chi connectivity index (χ2n) is 7.99. The third kappa shape index (κ3) is 2.29. The highest BCUT2D eigenvalue weighted by Crippen LogP contribution is 2.52. The van der Waals surface area contributed by atoms with E-state index in [1.54, 1.807) is 0 Å². The summed E-state index contributed by atoms with van der Waals surface area (Å²) in [6.45, 7) is 8.93. The molecule has 1 aliphatic carbocycles. The van der Waals surface area contributed by atoms with E-state index in [0.29, 0.717) is 30.1 Å². The molecule has 1 amide bonds. The Hall–Kier alpha value is -0.610. The minimum absolute atomic E-state index is 0.117. The van der Waals surface area contributed by atoms with Crippen molar-refractivity contribution >= 4 is 5.91 Å². The molecule has 2 N–H and O–H groups in total. The van der Waals surface area contributed by atoms with Gasteiger partial charge in [-0.3, -0.25) is 4.79 Å². The summed E-state index contributed by atoms with van der Waals surface area (Å²) in [5, 5.41) is 0. The number of rotatable bonds is 1. The molecule has 19 heavy (non-hydrogen) atoms. The molecule has 4 heteroatoms. The van der Waals surface area contributed by atoms with Crippen LogP contribution in [0, 0.1) is 16.7 Å². The lowest BCUT2D eigenvalue weighted by Crippen LogP contribution is -2.46. The Balaban J connectivity index is 1.78. The van der Waals surface area contributed by atoms with Gasteiger partial charge in [0.15, 0.2) is 0 Å². The molecule has 3 fully saturated rings. The maximum Gasteiger partial charge on any atom is 0.229 e. The molecule has 0 aromatic heterocycles. The van der Waals surface area contributed by atoms with Gasteiger partial charge in [0.2, 0.25) is 5.91 Å². The highest BCUT2D eigenvalue weighted by Gasteiger charge is 2.52. The SMILES string of the molecule is CC1(C)CC2CC(C)(CN2C(=O)C2COCC2N)C1. The fraction of sp³-hybridized carbons (Fsp3) is 0.933. The van der Waals surface area contributed by atoms with Crippen molar-refractivity contribution in [2.45, 2.75) is 52.1 Å². The number of fused-ring (bicyclic) bond motifs is 2. The Labute approximate surface area is 115 Å². The monoisotopic (exact) mass is 266 g/mol. The highest BCUT2D eigenvalue weighted by atomic mass is 16.5. The molecular weight excluding hydrogens is 240 g/mol. The van der Waals surface area contributed by atoms with Gasteiger partial charge in [0.05, 0.1) is 19.1 Å². The van der Waals surface area contributed by atoms with Crippen LogP contribution in [0.5, 0.6) is 0 Å². The van der Waals surface area contributed by atoms with Gasteiger partial charge in [-0.05, 0) is 30.1 Å². The Morgan fingerprint density at radius 2 is 2.00 bits per heavy atom. The van der Waals surface area contributed by atoms with Crippen molar-refractivity contribution in [3.63, 3.8) is 0 Å². The number of hydrogen-bond donors (Lipinski definition) is 1. The highest BCUT2D eigenvalue weighted by molar-refractivity contribution is 5.81. The van der Waals surface area contributed by atoms with Crippen LogP contribution in [-0.2, 0) is 9.53 Å². The van der Waals surface area contributed by atoms with E-state index < -0.39 is 0 Å². The zero-order valence-electron chi connectivity index (χ0n) is 12.3. The fourth-order valence-corrected chi connectivity index (χ4v) is 4.76. The predicted octanol–water partition coefficient (Wildman–Crippen LogP) is 1.39. The summed E-state index contributed by atoms with van der Waals surface area (Å²) in [4.78, 5) is 14.8. The molecule has 2 aliphatic heterocycles. The van der Waals surface area contributed by atoms with Crippen molar-refractivity contribution in [1.82, 2.24) is 4.90 Å². The van der Waals surface area contributed by atoms with E-state index in [1.165, 1.54) is 6.42 Å². The number of nitrogens with zero attached hydrogens (tertiary/aromatic N) is 1. The summed E-state index contributed by atoms with van der Waals surface area (Å²) >= 11 is 0. The Kier molecular flexibility index (Phi) is 2.95. The van der Waals surface area contributed by atoms with Crippen LogP contribution in [0.25, 0.3) is 0 Å². The van der Waals surface area contributed by atoms with Gasteiger partial charge >= 0.3 is 0 Å². The summed E-state index contributed by atoms with van der Waals surface area (Å²) < 4.78 is 5.35. The van der Waals surface area contributed by atoms with E-state index in [2.05, 4.69) is 25.7 Å². The zero-order chi connectivity index (χ0) is 13.8. The van der Waals surface area contributed by atoms with E-state index >= 15 is 0 Å². The smallest absolute Gasteiger partial charge is 0.229 e. The van der Waals surface area contributed by atoms with Crippen LogP contribution in [-0.4, -0.2) is 42.6 Å². The molecule has 3 rings (SSSR count). The summed E-state index contributed by atoms with van der Waals surface area (Å²) in [6.07, 6.45) is 3.50. The molecular formula is C15H26N2O2. The second-order valence-corrected chi connectivity index (χ2v) is 7.99. The molecule has 4 unspecified atom stereocenters. The molecule has 1 saturated carbocycles. The van der Waals surface area contributed by atoms with Gasteiger partial charge in [-0.25, -0.2) is 0 Å². The van der Waals surface area contributed by atoms with E-state index in [0.717, 1.165) is 19.4 Å². The van der Waals surface area contributed by atoms with Gasteiger partial charge in [-0.2, -0.15) is 0 Å². The summed E-state index contributed by atoms with van der Waals surface area (Å²) in [7, 11) is 0. The molecule has 4 nitrogen and oxygen atoms in total. The minimum atomic E-state index is -0.119. The topological polar surface area (TPSA) is 55.6 Å². The Morgan fingerprint density at radius 1 is 1.26 bits per heavy atom. The lowest BCUT2D eigenvalue weighted by Gasteiger charge is -2.39. The van der Waals surface area contributed by atoms with E-state index in [1.807, 2.05) is 0 Å². The van der Waals surface area contributed by atoms with Crippen molar-refractivity contribution in [3.8, 4) is 0 Å². The second kappa shape index (κ2) is 4.19. The molecule has 4 atom stereocenters.